The molecule has 0 N–H and O–H groups in total. The van der Waals surface area contributed by atoms with E-state index in [2.05, 4.69) is 6.58 Å². The van der Waals surface area contributed by atoms with Crippen LogP contribution in [0.1, 0.15) is 40.2 Å². The molecule has 1 aromatic rings. The first-order valence-corrected chi connectivity index (χ1v) is 7.34. The van der Waals surface area contributed by atoms with Crippen LogP contribution >= 0.6 is 0 Å². The predicted octanol–water partition coefficient (Wildman–Crippen LogP) is 5.25. The average Bonchev–Trinajstić information content (AvgIpc) is 2.47. The Morgan fingerprint density at radius 3 is 2.14 bits per heavy atom. The van der Waals surface area contributed by atoms with Gasteiger partial charge in [-0.15, -0.1) is 0 Å². The van der Waals surface area contributed by atoms with Crippen LogP contribution in [0.3, 0.4) is 0 Å². The van der Waals surface area contributed by atoms with Crippen molar-refractivity contribution >= 4 is 5.78 Å². The van der Waals surface area contributed by atoms with Crippen molar-refractivity contribution in [1.82, 2.24) is 0 Å². The molecule has 1 rings (SSSR count). The number of carbonyl (C=O) groups is 1. The largest absolute Gasteiger partial charge is 0.298 e. The topological polar surface area (TPSA) is 17.1 Å². The number of hydrogen-bond acceptors (Lipinski definition) is 1. The zero-order valence-corrected chi connectivity index (χ0v) is 13.8. The minimum atomic E-state index is -0.548. The first-order chi connectivity index (χ1) is 9.78. The van der Waals surface area contributed by atoms with E-state index < -0.39 is 10.8 Å². The van der Waals surface area contributed by atoms with Crippen molar-refractivity contribution < 1.29 is 4.79 Å². The van der Waals surface area contributed by atoms with Gasteiger partial charge in [0.2, 0.25) is 0 Å². The molecule has 0 unspecified atom stereocenters. The molecule has 0 amide bonds. The van der Waals surface area contributed by atoms with Crippen molar-refractivity contribution in [1.29, 1.82) is 0 Å². The van der Waals surface area contributed by atoms with E-state index in [1.165, 1.54) is 0 Å². The van der Waals surface area contributed by atoms with Gasteiger partial charge in [-0.3, -0.25) is 4.79 Å². The Bertz CT molecular complexity index is 557. The SMILES string of the molecule is C=C/C=C\C(=C/C)C(C)(C)C(=O)C(C)(C)c1ccccc1. The summed E-state index contributed by atoms with van der Waals surface area (Å²) in [4.78, 5) is 13.1. The van der Waals surface area contributed by atoms with Gasteiger partial charge in [-0.05, 0) is 45.8 Å². The van der Waals surface area contributed by atoms with Crippen molar-refractivity contribution in [2.45, 2.75) is 40.0 Å². The molecule has 0 heterocycles. The van der Waals surface area contributed by atoms with Crippen LogP contribution in [0.5, 0.6) is 0 Å². The van der Waals surface area contributed by atoms with Crippen molar-refractivity contribution in [3.8, 4) is 0 Å². The van der Waals surface area contributed by atoms with E-state index in [4.69, 9.17) is 0 Å². The Hall–Kier alpha value is -1.89. The van der Waals surface area contributed by atoms with Crippen LogP contribution < -0.4 is 0 Å². The second-order valence-corrected chi connectivity index (χ2v) is 6.28. The Balaban J connectivity index is 3.21. The summed E-state index contributed by atoms with van der Waals surface area (Å²) in [5, 5.41) is 0. The lowest BCUT2D eigenvalue weighted by atomic mass is 9.67. The van der Waals surface area contributed by atoms with Crippen LogP contribution in [0.25, 0.3) is 0 Å². The van der Waals surface area contributed by atoms with E-state index >= 15 is 0 Å². The summed E-state index contributed by atoms with van der Waals surface area (Å²) >= 11 is 0. The third-order valence-electron chi connectivity index (χ3n) is 4.08. The number of rotatable bonds is 6. The summed E-state index contributed by atoms with van der Waals surface area (Å²) in [7, 11) is 0. The number of Topliss-reactive ketones (excluding diaryl/α,β-unsaturated/α-hetero) is 1. The number of allylic oxidation sites excluding steroid dienone is 5. The second kappa shape index (κ2) is 6.71. The van der Waals surface area contributed by atoms with E-state index in [0.29, 0.717) is 0 Å². The number of benzene rings is 1. The highest BCUT2D eigenvalue weighted by atomic mass is 16.1. The molecule has 1 aromatic carbocycles. The number of ketones is 1. The fourth-order valence-electron chi connectivity index (χ4n) is 2.74. The molecule has 0 aromatic heterocycles. The lowest BCUT2D eigenvalue weighted by molar-refractivity contribution is -0.130. The maximum atomic E-state index is 13.1. The van der Waals surface area contributed by atoms with Gasteiger partial charge in [-0.2, -0.15) is 0 Å². The highest BCUT2D eigenvalue weighted by Crippen LogP contribution is 2.38. The van der Waals surface area contributed by atoms with Crippen molar-refractivity contribution in [2.24, 2.45) is 5.41 Å². The van der Waals surface area contributed by atoms with Crippen LogP contribution in [-0.2, 0) is 10.2 Å². The van der Waals surface area contributed by atoms with Gasteiger partial charge in [0.05, 0.1) is 0 Å². The molecule has 0 bridgehead atoms. The normalized spacial score (nSPS) is 13.5. The average molecular weight is 282 g/mol. The highest BCUT2D eigenvalue weighted by Gasteiger charge is 2.41. The second-order valence-electron chi connectivity index (χ2n) is 6.28. The Morgan fingerprint density at radius 1 is 1.10 bits per heavy atom. The van der Waals surface area contributed by atoms with Crippen LogP contribution in [-0.4, -0.2) is 5.78 Å². The van der Waals surface area contributed by atoms with Gasteiger partial charge in [0.1, 0.15) is 0 Å². The van der Waals surface area contributed by atoms with Crippen LogP contribution in [0.2, 0.25) is 0 Å². The first kappa shape index (κ1) is 17.2. The third-order valence-corrected chi connectivity index (χ3v) is 4.08. The summed E-state index contributed by atoms with van der Waals surface area (Å²) in [5.74, 6) is 0.211. The van der Waals surface area contributed by atoms with E-state index in [0.717, 1.165) is 11.1 Å². The molecule has 0 saturated heterocycles. The molecular weight excluding hydrogens is 256 g/mol. The van der Waals surface area contributed by atoms with E-state index in [-0.39, 0.29) is 5.78 Å². The zero-order chi connectivity index (χ0) is 16.1. The van der Waals surface area contributed by atoms with Crippen molar-refractivity contribution in [3.63, 3.8) is 0 Å². The van der Waals surface area contributed by atoms with Gasteiger partial charge in [-0.25, -0.2) is 0 Å². The molecule has 0 aliphatic rings. The van der Waals surface area contributed by atoms with E-state index in [9.17, 15) is 4.79 Å². The third kappa shape index (κ3) is 3.60. The minimum absolute atomic E-state index is 0.211. The predicted molar refractivity (Wildman–Crippen MR) is 91.4 cm³/mol. The van der Waals surface area contributed by atoms with Gasteiger partial charge in [-0.1, -0.05) is 61.2 Å². The molecule has 21 heavy (non-hydrogen) atoms. The van der Waals surface area contributed by atoms with Crippen LogP contribution in [0.4, 0.5) is 0 Å². The Kier molecular flexibility index (Phi) is 5.48. The lowest BCUT2D eigenvalue weighted by Crippen LogP contribution is -2.40. The number of hydrogen-bond donors (Lipinski definition) is 0. The molecule has 1 heteroatoms. The van der Waals surface area contributed by atoms with Gasteiger partial charge in [0, 0.05) is 10.8 Å². The Morgan fingerprint density at radius 2 is 1.67 bits per heavy atom. The van der Waals surface area contributed by atoms with Gasteiger partial charge >= 0.3 is 0 Å². The quantitative estimate of drug-likeness (QED) is 0.651. The molecule has 0 aliphatic carbocycles. The van der Waals surface area contributed by atoms with Gasteiger partial charge < -0.3 is 0 Å². The number of carbonyl (C=O) groups excluding carboxylic acids is 1. The van der Waals surface area contributed by atoms with Crippen molar-refractivity contribution in [2.75, 3.05) is 0 Å². The maximum absolute atomic E-state index is 13.1. The zero-order valence-electron chi connectivity index (χ0n) is 13.8. The molecule has 112 valence electrons. The molecule has 0 saturated carbocycles. The molecule has 0 radical (unpaired) electrons. The van der Waals surface area contributed by atoms with Gasteiger partial charge in [0.15, 0.2) is 5.78 Å². The highest BCUT2D eigenvalue weighted by molar-refractivity contribution is 5.96. The molecule has 0 aliphatic heterocycles. The molecule has 0 spiro atoms. The molecule has 0 fully saturated rings. The fourth-order valence-corrected chi connectivity index (χ4v) is 2.74. The molecular formula is C20H26O. The van der Waals surface area contributed by atoms with Crippen LogP contribution in [0, 0.1) is 5.41 Å². The standard InChI is InChI=1S/C20H26O/c1-7-9-13-16(8-2)19(3,4)18(21)20(5,6)17-14-11-10-12-15-17/h7-15H,1H2,2-6H3/b13-9-,16-8+. The smallest absolute Gasteiger partial charge is 0.152 e. The van der Waals surface area contributed by atoms with Gasteiger partial charge in [0.25, 0.3) is 0 Å². The summed E-state index contributed by atoms with van der Waals surface area (Å²) in [6, 6.07) is 9.96. The first-order valence-electron chi connectivity index (χ1n) is 7.34. The van der Waals surface area contributed by atoms with E-state index in [1.807, 2.05) is 83.2 Å². The summed E-state index contributed by atoms with van der Waals surface area (Å²) in [5.41, 5.74) is 0.983. The molecule has 0 atom stereocenters. The van der Waals surface area contributed by atoms with Crippen LogP contribution in [0.15, 0.2) is 66.8 Å². The molecule has 1 nitrogen and oxygen atoms in total. The van der Waals surface area contributed by atoms with E-state index in [1.54, 1.807) is 6.08 Å². The fraction of sp³-hybridized carbons (Fsp3) is 0.350. The monoisotopic (exact) mass is 282 g/mol. The summed E-state index contributed by atoms with van der Waals surface area (Å²) in [6.45, 7) is 13.6. The maximum Gasteiger partial charge on any atom is 0.152 e. The van der Waals surface area contributed by atoms with Crippen molar-refractivity contribution in [3.05, 3.63) is 72.4 Å². The Labute approximate surface area is 129 Å². The minimum Gasteiger partial charge on any atom is -0.298 e. The lowest BCUT2D eigenvalue weighted by Gasteiger charge is -2.34. The summed E-state index contributed by atoms with van der Waals surface area (Å²) < 4.78 is 0. The summed E-state index contributed by atoms with van der Waals surface area (Å²) in [6.07, 6.45) is 7.57.